The van der Waals surface area contributed by atoms with Gasteiger partial charge in [0.25, 0.3) is 5.56 Å². The number of aliphatic imine (C=N–C) groups is 1. The quantitative estimate of drug-likeness (QED) is 0.397. The SMILES string of the molecule is COc1ccc(-c2[nH]n(-c3ccccc3)c(=O)c2C(C)=Nc2cccc(Cl)c2C)cc1. The summed E-state index contributed by atoms with van der Waals surface area (Å²) >= 11 is 6.26. The maximum atomic E-state index is 13.5. The number of para-hydroxylation sites is 1. The molecule has 0 bridgehead atoms. The van der Waals surface area contributed by atoms with Crippen LogP contribution in [-0.2, 0) is 0 Å². The van der Waals surface area contributed by atoms with E-state index in [0.29, 0.717) is 22.0 Å². The second-order valence-electron chi connectivity index (χ2n) is 7.15. The molecule has 0 aliphatic carbocycles. The highest BCUT2D eigenvalue weighted by atomic mass is 35.5. The minimum Gasteiger partial charge on any atom is -0.497 e. The monoisotopic (exact) mass is 431 g/mol. The highest BCUT2D eigenvalue weighted by Crippen LogP contribution is 2.28. The highest BCUT2D eigenvalue weighted by Gasteiger charge is 2.19. The van der Waals surface area contributed by atoms with E-state index < -0.39 is 0 Å². The fourth-order valence-corrected chi connectivity index (χ4v) is 3.62. The van der Waals surface area contributed by atoms with Crippen molar-refractivity contribution in [1.29, 1.82) is 0 Å². The summed E-state index contributed by atoms with van der Waals surface area (Å²) in [4.78, 5) is 18.2. The van der Waals surface area contributed by atoms with Gasteiger partial charge >= 0.3 is 0 Å². The minimum absolute atomic E-state index is 0.169. The minimum atomic E-state index is -0.169. The summed E-state index contributed by atoms with van der Waals surface area (Å²) in [6.45, 7) is 3.76. The van der Waals surface area contributed by atoms with Gasteiger partial charge in [-0.3, -0.25) is 14.9 Å². The van der Waals surface area contributed by atoms with Crippen molar-refractivity contribution in [2.45, 2.75) is 13.8 Å². The topological polar surface area (TPSA) is 59.4 Å². The zero-order valence-corrected chi connectivity index (χ0v) is 18.3. The molecule has 0 aliphatic heterocycles. The zero-order valence-electron chi connectivity index (χ0n) is 17.5. The molecule has 4 rings (SSSR count). The van der Waals surface area contributed by atoms with Gasteiger partial charge < -0.3 is 4.74 Å². The molecule has 3 aromatic carbocycles. The predicted octanol–water partition coefficient (Wildman–Crippen LogP) is 5.94. The summed E-state index contributed by atoms with van der Waals surface area (Å²) in [5, 5.41) is 3.91. The molecule has 0 saturated carbocycles. The lowest BCUT2D eigenvalue weighted by Gasteiger charge is -2.06. The molecule has 0 radical (unpaired) electrons. The Kier molecular flexibility index (Phi) is 5.78. The smallest absolute Gasteiger partial charge is 0.280 e. The molecule has 31 heavy (non-hydrogen) atoms. The van der Waals surface area contributed by atoms with Crippen molar-refractivity contribution in [3.8, 4) is 22.7 Å². The number of halogens is 1. The van der Waals surface area contributed by atoms with Crippen LogP contribution in [0.1, 0.15) is 18.1 Å². The average Bonchev–Trinajstić information content (AvgIpc) is 3.14. The van der Waals surface area contributed by atoms with Gasteiger partial charge in [-0.25, -0.2) is 4.68 Å². The van der Waals surface area contributed by atoms with Crippen molar-refractivity contribution in [3.63, 3.8) is 0 Å². The molecule has 0 fully saturated rings. The van der Waals surface area contributed by atoms with E-state index in [1.165, 1.54) is 0 Å². The van der Waals surface area contributed by atoms with Crippen molar-refractivity contribution in [1.82, 2.24) is 9.78 Å². The number of ether oxygens (including phenoxy) is 1. The molecular weight excluding hydrogens is 410 g/mol. The Hall–Kier alpha value is -3.57. The number of H-pyrrole nitrogens is 1. The fraction of sp³-hybridized carbons (Fsp3) is 0.120. The first-order valence-corrected chi connectivity index (χ1v) is 10.2. The van der Waals surface area contributed by atoms with Crippen molar-refractivity contribution >= 4 is 23.0 Å². The molecule has 0 unspecified atom stereocenters. The summed E-state index contributed by atoms with van der Waals surface area (Å²) < 4.78 is 6.81. The number of aromatic nitrogens is 2. The Morgan fingerprint density at radius 3 is 2.39 bits per heavy atom. The molecule has 0 amide bonds. The number of hydrogen-bond acceptors (Lipinski definition) is 3. The van der Waals surface area contributed by atoms with E-state index in [9.17, 15) is 4.79 Å². The van der Waals surface area contributed by atoms with Crippen LogP contribution in [0.5, 0.6) is 5.75 Å². The van der Waals surface area contributed by atoms with Gasteiger partial charge in [-0.1, -0.05) is 35.9 Å². The Balaban J connectivity index is 1.92. The van der Waals surface area contributed by atoms with Crippen molar-refractivity contribution in [2.24, 2.45) is 4.99 Å². The van der Waals surface area contributed by atoms with E-state index in [-0.39, 0.29) is 5.56 Å². The summed E-state index contributed by atoms with van der Waals surface area (Å²) in [5.41, 5.74) is 4.85. The third-order valence-electron chi connectivity index (χ3n) is 5.17. The highest BCUT2D eigenvalue weighted by molar-refractivity contribution is 6.31. The van der Waals surface area contributed by atoms with E-state index in [0.717, 1.165) is 28.3 Å². The van der Waals surface area contributed by atoms with E-state index in [4.69, 9.17) is 21.3 Å². The molecule has 4 aromatic rings. The molecule has 1 N–H and O–H groups in total. The first kappa shape index (κ1) is 20.7. The number of rotatable bonds is 5. The van der Waals surface area contributed by atoms with Crippen molar-refractivity contribution < 1.29 is 4.74 Å². The van der Waals surface area contributed by atoms with Crippen LogP contribution in [0.3, 0.4) is 0 Å². The molecule has 0 saturated heterocycles. The van der Waals surface area contributed by atoms with Gasteiger partial charge in [0.05, 0.1) is 35.5 Å². The molecule has 0 atom stereocenters. The van der Waals surface area contributed by atoms with Crippen LogP contribution in [-0.4, -0.2) is 22.6 Å². The second-order valence-corrected chi connectivity index (χ2v) is 7.55. The van der Waals surface area contributed by atoms with Crippen LogP contribution in [0.2, 0.25) is 5.02 Å². The number of hydrogen-bond donors (Lipinski definition) is 1. The van der Waals surface area contributed by atoms with Gasteiger partial charge in [0.1, 0.15) is 5.75 Å². The molecule has 6 heteroatoms. The molecule has 0 aliphatic rings. The van der Waals surface area contributed by atoms with Gasteiger partial charge in [0, 0.05) is 10.6 Å². The lowest BCUT2D eigenvalue weighted by Crippen LogP contribution is -2.19. The van der Waals surface area contributed by atoms with Crippen LogP contribution < -0.4 is 10.3 Å². The van der Waals surface area contributed by atoms with Gasteiger partial charge in [-0.2, -0.15) is 0 Å². The summed E-state index contributed by atoms with van der Waals surface area (Å²) in [6, 6.07) is 22.6. The molecule has 5 nitrogen and oxygen atoms in total. The van der Waals surface area contributed by atoms with E-state index >= 15 is 0 Å². The van der Waals surface area contributed by atoms with Crippen LogP contribution >= 0.6 is 11.6 Å². The third-order valence-corrected chi connectivity index (χ3v) is 5.58. The molecular formula is C25H22ClN3O2. The number of methoxy groups -OCH3 is 1. The largest absolute Gasteiger partial charge is 0.497 e. The van der Waals surface area contributed by atoms with Crippen molar-refractivity contribution in [2.75, 3.05) is 7.11 Å². The second kappa shape index (κ2) is 8.66. The van der Waals surface area contributed by atoms with Gasteiger partial charge in [-0.15, -0.1) is 0 Å². The van der Waals surface area contributed by atoms with Crippen molar-refractivity contribution in [3.05, 3.63) is 99.3 Å². The molecule has 156 valence electrons. The Bertz CT molecular complexity index is 1300. The summed E-state index contributed by atoms with van der Waals surface area (Å²) in [7, 11) is 1.62. The number of benzene rings is 3. The Morgan fingerprint density at radius 1 is 1.00 bits per heavy atom. The van der Waals surface area contributed by atoms with Gasteiger partial charge in [-0.05, 0) is 67.9 Å². The standard InChI is InChI=1S/C25H22ClN3O2/c1-16-21(26)10-7-11-22(16)27-17(2)23-24(18-12-14-20(31-3)15-13-18)28-29(25(23)30)19-8-5-4-6-9-19/h4-15,28H,1-3H3. The zero-order chi connectivity index (χ0) is 22.0. The van der Waals surface area contributed by atoms with Gasteiger partial charge in [0.15, 0.2) is 0 Å². The lowest BCUT2D eigenvalue weighted by molar-refractivity contribution is 0.415. The number of aromatic amines is 1. The van der Waals surface area contributed by atoms with Crippen LogP contribution in [0.4, 0.5) is 5.69 Å². The van der Waals surface area contributed by atoms with Crippen LogP contribution in [0.15, 0.2) is 82.6 Å². The maximum Gasteiger partial charge on any atom is 0.280 e. The van der Waals surface area contributed by atoms with E-state index in [1.54, 1.807) is 11.8 Å². The normalized spacial score (nSPS) is 11.5. The lowest BCUT2D eigenvalue weighted by atomic mass is 10.0. The first-order valence-electron chi connectivity index (χ1n) is 9.85. The third kappa shape index (κ3) is 4.05. The number of nitrogens with one attached hydrogen (secondary N) is 1. The van der Waals surface area contributed by atoms with Gasteiger partial charge in [0.2, 0.25) is 0 Å². The Labute approximate surface area is 185 Å². The average molecular weight is 432 g/mol. The predicted molar refractivity (Wildman–Crippen MR) is 126 cm³/mol. The van der Waals surface area contributed by atoms with E-state index in [1.807, 2.05) is 86.6 Å². The van der Waals surface area contributed by atoms with Crippen LogP contribution in [0.25, 0.3) is 16.9 Å². The number of nitrogens with zero attached hydrogens (tertiary/aromatic N) is 2. The van der Waals surface area contributed by atoms with E-state index in [2.05, 4.69) is 5.10 Å². The fourth-order valence-electron chi connectivity index (χ4n) is 3.45. The maximum absolute atomic E-state index is 13.5. The Morgan fingerprint density at radius 2 is 1.71 bits per heavy atom. The molecule has 1 heterocycles. The summed E-state index contributed by atoms with van der Waals surface area (Å²) in [5.74, 6) is 0.745. The van der Waals surface area contributed by atoms with Crippen LogP contribution in [0, 0.1) is 6.92 Å². The summed E-state index contributed by atoms with van der Waals surface area (Å²) in [6.07, 6.45) is 0. The molecule has 1 aromatic heterocycles. The first-order chi connectivity index (χ1) is 15.0. The molecule has 0 spiro atoms.